The van der Waals surface area contributed by atoms with Crippen molar-refractivity contribution in [1.29, 1.82) is 0 Å². The lowest BCUT2D eigenvalue weighted by molar-refractivity contribution is -0.113. The average molecular weight is 411 g/mol. The molecule has 1 aromatic heterocycles. The minimum atomic E-state index is -0.597. The molecule has 3 N–H and O–H groups in total. The number of hydrogen-bond donors (Lipinski definition) is 2. The number of benzene rings is 2. The van der Waals surface area contributed by atoms with Crippen LogP contribution in [0.3, 0.4) is 0 Å². The average Bonchev–Trinajstić information content (AvgIpc) is 3.05. The molecule has 8 nitrogen and oxygen atoms in total. The number of thioether (sulfide) groups is 1. The SMILES string of the molecule is Cc1cccc(OCc2nnc(SCC(=O)Nc3ccccc3C(N)=O)n2C)c1. The van der Waals surface area contributed by atoms with E-state index in [1.165, 1.54) is 11.8 Å². The van der Waals surface area contributed by atoms with Gasteiger partial charge < -0.3 is 20.4 Å². The van der Waals surface area contributed by atoms with Crippen LogP contribution in [0, 0.1) is 6.92 Å². The lowest BCUT2D eigenvalue weighted by atomic mass is 10.1. The molecule has 2 aromatic carbocycles. The molecule has 0 bridgehead atoms. The highest BCUT2D eigenvalue weighted by Gasteiger charge is 2.14. The van der Waals surface area contributed by atoms with E-state index in [4.69, 9.17) is 10.5 Å². The Kier molecular flexibility index (Phi) is 6.50. The Morgan fingerprint density at radius 1 is 1.17 bits per heavy atom. The molecular weight excluding hydrogens is 390 g/mol. The molecule has 0 fully saturated rings. The number of nitrogens with one attached hydrogen (secondary N) is 1. The molecule has 0 unspecified atom stereocenters. The number of anilines is 1. The van der Waals surface area contributed by atoms with Crippen LogP contribution in [0.1, 0.15) is 21.7 Å². The summed E-state index contributed by atoms with van der Waals surface area (Å²) in [4.78, 5) is 23.7. The first-order valence-corrected chi connectivity index (χ1v) is 9.82. The third kappa shape index (κ3) is 5.35. The van der Waals surface area contributed by atoms with Gasteiger partial charge in [0.15, 0.2) is 11.0 Å². The highest BCUT2D eigenvalue weighted by molar-refractivity contribution is 7.99. The molecule has 1 heterocycles. The van der Waals surface area contributed by atoms with Crippen LogP contribution in [0.15, 0.2) is 53.7 Å². The van der Waals surface area contributed by atoms with Crippen LogP contribution in [0.25, 0.3) is 0 Å². The molecular formula is C20H21N5O3S. The Bertz CT molecular complexity index is 1030. The van der Waals surface area contributed by atoms with Gasteiger partial charge in [-0.05, 0) is 36.8 Å². The van der Waals surface area contributed by atoms with Gasteiger partial charge in [0.25, 0.3) is 5.91 Å². The van der Waals surface area contributed by atoms with Crippen LogP contribution in [-0.4, -0.2) is 32.3 Å². The third-order valence-corrected chi connectivity index (χ3v) is 5.10. The Balaban J connectivity index is 1.56. The smallest absolute Gasteiger partial charge is 0.250 e. The van der Waals surface area contributed by atoms with Gasteiger partial charge in [0.1, 0.15) is 12.4 Å². The van der Waals surface area contributed by atoms with Crippen molar-refractivity contribution in [2.24, 2.45) is 12.8 Å². The van der Waals surface area contributed by atoms with Crippen molar-refractivity contribution >= 4 is 29.3 Å². The second kappa shape index (κ2) is 9.24. The van der Waals surface area contributed by atoms with Crippen molar-refractivity contribution in [2.45, 2.75) is 18.7 Å². The number of amides is 2. The van der Waals surface area contributed by atoms with Gasteiger partial charge in [0.2, 0.25) is 5.91 Å². The van der Waals surface area contributed by atoms with E-state index in [2.05, 4.69) is 15.5 Å². The highest BCUT2D eigenvalue weighted by atomic mass is 32.2. The summed E-state index contributed by atoms with van der Waals surface area (Å²) in [5.41, 5.74) is 7.09. The van der Waals surface area contributed by atoms with Crippen molar-refractivity contribution in [3.8, 4) is 5.75 Å². The van der Waals surface area contributed by atoms with E-state index in [0.29, 0.717) is 16.7 Å². The Morgan fingerprint density at radius 3 is 2.72 bits per heavy atom. The van der Waals surface area contributed by atoms with Crippen LogP contribution in [0.2, 0.25) is 0 Å². The maximum Gasteiger partial charge on any atom is 0.250 e. The number of ether oxygens (including phenoxy) is 1. The topological polar surface area (TPSA) is 112 Å². The Labute approximate surface area is 172 Å². The number of primary amides is 1. The van der Waals surface area contributed by atoms with Gasteiger partial charge in [-0.2, -0.15) is 0 Å². The zero-order valence-electron chi connectivity index (χ0n) is 16.1. The standard InChI is InChI=1S/C20H21N5O3S/c1-13-6-5-7-14(10-13)28-11-17-23-24-20(25(17)2)29-12-18(26)22-16-9-4-3-8-15(16)19(21)27/h3-10H,11-12H2,1-2H3,(H2,21,27)(H,22,26). The predicted octanol–water partition coefficient (Wildman–Crippen LogP) is 2.53. The van der Waals surface area contributed by atoms with E-state index in [-0.39, 0.29) is 23.8 Å². The minimum absolute atomic E-state index is 0.109. The van der Waals surface area contributed by atoms with Gasteiger partial charge in [-0.25, -0.2) is 0 Å². The number of carbonyl (C=O) groups is 2. The van der Waals surface area contributed by atoms with E-state index in [1.54, 1.807) is 28.8 Å². The number of nitrogens with zero attached hydrogens (tertiary/aromatic N) is 3. The van der Waals surface area contributed by atoms with Gasteiger partial charge in [0, 0.05) is 7.05 Å². The van der Waals surface area contributed by atoms with Crippen molar-refractivity contribution in [2.75, 3.05) is 11.1 Å². The molecule has 0 atom stereocenters. The predicted molar refractivity (Wildman–Crippen MR) is 111 cm³/mol. The Hall–Kier alpha value is -3.33. The molecule has 0 saturated carbocycles. The first-order valence-electron chi connectivity index (χ1n) is 8.83. The summed E-state index contributed by atoms with van der Waals surface area (Å²) in [6.45, 7) is 2.27. The molecule has 0 aliphatic heterocycles. The lowest BCUT2D eigenvalue weighted by Crippen LogP contribution is -2.19. The fourth-order valence-electron chi connectivity index (χ4n) is 2.57. The number of carbonyl (C=O) groups excluding carboxylic acids is 2. The van der Waals surface area contributed by atoms with Gasteiger partial charge in [-0.15, -0.1) is 10.2 Å². The molecule has 0 spiro atoms. The lowest BCUT2D eigenvalue weighted by Gasteiger charge is -2.09. The van der Waals surface area contributed by atoms with Gasteiger partial charge in [-0.3, -0.25) is 9.59 Å². The zero-order chi connectivity index (χ0) is 20.8. The number of rotatable bonds is 8. The first-order chi connectivity index (χ1) is 13.9. The van der Waals surface area contributed by atoms with Crippen LogP contribution >= 0.6 is 11.8 Å². The largest absolute Gasteiger partial charge is 0.486 e. The molecule has 3 rings (SSSR count). The molecule has 29 heavy (non-hydrogen) atoms. The molecule has 0 radical (unpaired) electrons. The number of aromatic nitrogens is 3. The van der Waals surface area contributed by atoms with Crippen molar-refractivity contribution in [1.82, 2.24) is 14.8 Å². The van der Waals surface area contributed by atoms with Crippen molar-refractivity contribution < 1.29 is 14.3 Å². The first kappa shape index (κ1) is 20.4. The normalized spacial score (nSPS) is 10.6. The summed E-state index contributed by atoms with van der Waals surface area (Å²) in [6.07, 6.45) is 0. The summed E-state index contributed by atoms with van der Waals surface area (Å²) in [7, 11) is 1.82. The summed E-state index contributed by atoms with van der Waals surface area (Å²) in [6, 6.07) is 14.4. The van der Waals surface area contributed by atoms with Crippen molar-refractivity contribution in [3.63, 3.8) is 0 Å². The number of hydrogen-bond acceptors (Lipinski definition) is 6. The van der Waals surface area contributed by atoms with E-state index in [0.717, 1.165) is 11.3 Å². The second-order valence-corrected chi connectivity index (χ2v) is 7.25. The quantitative estimate of drug-likeness (QED) is 0.551. The summed E-state index contributed by atoms with van der Waals surface area (Å²) < 4.78 is 7.53. The molecule has 9 heteroatoms. The van der Waals surface area contributed by atoms with E-state index < -0.39 is 5.91 Å². The van der Waals surface area contributed by atoms with Crippen LogP contribution in [0.5, 0.6) is 5.75 Å². The van der Waals surface area contributed by atoms with E-state index in [9.17, 15) is 9.59 Å². The summed E-state index contributed by atoms with van der Waals surface area (Å²) in [5, 5.41) is 11.5. The summed E-state index contributed by atoms with van der Waals surface area (Å²) in [5.74, 6) is 0.644. The van der Waals surface area contributed by atoms with Gasteiger partial charge in [0.05, 0.1) is 17.0 Å². The molecule has 0 saturated heterocycles. The molecule has 0 aliphatic rings. The fourth-order valence-corrected chi connectivity index (χ4v) is 3.30. The second-order valence-electron chi connectivity index (χ2n) is 6.31. The molecule has 0 aliphatic carbocycles. The Morgan fingerprint density at radius 2 is 1.97 bits per heavy atom. The molecule has 150 valence electrons. The minimum Gasteiger partial charge on any atom is -0.486 e. The number of nitrogens with two attached hydrogens (primary N) is 1. The maximum absolute atomic E-state index is 12.3. The van der Waals surface area contributed by atoms with Crippen LogP contribution < -0.4 is 15.8 Å². The highest BCUT2D eigenvalue weighted by Crippen LogP contribution is 2.19. The van der Waals surface area contributed by atoms with E-state index >= 15 is 0 Å². The van der Waals surface area contributed by atoms with E-state index in [1.807, 2.05) is 38.2 Å². The molecule has 3 aromatic rings. The summed E-state index contributed by atoms with van der Waals surface area (Å²) >= 11 is 1.24. The fraction of sp³-hybridized carbons (Fsp3) is 0.200. The van der Waals surface area contributed by atoms with Gasteiger partial charge in [-0.1, -0.05) is 36.0 Å². The zero-order valence-corrected chi connectivity index (χ0v) is 16.9. The maximum atomic E-state index is 12.3. The third-order valence-electron chi connectivity index (χ3n) is 4.08. The number of aryl methyl sites for hydroxylation is 1. The number of para-hydroxylation sites is 1. The van der Waals surface area contributed by atoms with Crippen LogP contribution in [0.4, 0.5) is 5.69 Å². The van der Waals surface area contributed by atoms with Crippen molar-refractivity contribution in [3.05, 3.63) is 65.5 Å². The van der Waals surface area contributed by atoms with Crippen LogP contribution in [-0.2, 0) is 18.4 Å². The monoisotopic (exact) mass is 411 g/mol. The molecule has 2 amide bonds. The van der Waals surface area contributed by atoms with Gasteiger partial charge >= 0.3 is 0 Å².